The Morgan fingerprint density at radius 2 is 2.00 bits per heavy atom. The van der Waals surface area contributed by atoms with Crippen molar-refractivity contribution in [2.24, 2.45) is 0 Å². The molecule has 0 fully saturated rings. The standard InChI is InChI=1S/C15H21NO2/c1-5-6-9-12-10-7-8-11-13(12)16-14(17)18-15(2,3)4/h6-11H,5H2,1-4H3,(H,16,17). The zero-order valence-corrected chi connectivity index (χ0v) is 11.5. The summed E-state index contributed by atoms with van der Waals surface area (Å²) in [6.45, 7) is 7.60. The van der Waals surface area contributed by atoms with Gasteiger partial charge in [0.05, 0.1) is 5.69 Å². The average Bonchev–Trinajstić information content (AvgIpc) is 2.25. The van der Waals surface area contributed by atoms with Crippen molar-refractivity contribution in [2.75, 3.05) is 5.32 Å². The van der Waals surface area contributed by atoms with E-state index in [1.165, 1.54) is 0 Å². The average molecular weight is 247 g/mol. The maximum absolute atomic E-state index is 11.7. The smallest absolute Gasteiger partial charge is 0.412 e. The van der Waals surface area contributed by atoms with Crippen LogP contribution in [0, 0.1) is 0 Å². The first-order valence-corrected chi connectivity index (χ1v) is 6.18. The molecule has 0 saturated heterocycles. The van der Waals surface area contributed by atoms with Crippen LogP contribution < -0.4 is 5.32 Å². The van der Waals surface area contributed by atoms with Crippen molar-refractivity contribution in [3.63, 3.8) is 0 Å². The zero-order chi connectivity index (χ0) is 13.6. The SMILES string of the molecule is CCC=Cc1ccccc1NC(=O)OC(C)(C)C. The van der Waals surface area contributed by atoms with Crippen molar-refractivity contribution >= 4 is 17.9 Å². The summed E-state index contributed by atoms with van der Waals surface area (Å²) in [7, 11) is 0. The van der Waals surface area contributed by atoms with Crippen LogP contribution in [0.5, 0.6) is 0 Å². The van der Waals surface area contributed by atoms with Crippen LogP contribution in [0.1, 0.15) is 39.7 Å². The Morgan fingerprint density at radius 3 is 2.61 bits per heavy atom. The summed E-state index contributed by atoms with van der Waals surface area (Å²) in [6.07, 6.45) is 4.57. The number of nitrogens with one attached hydrogen (secondary N) is 1. The minimum atomic E-state index is -0.488. The first kappa shape index (κ1) is 14.3. The fraction of sp³-hybridized carbons (Fsp3) is 0.400. The van der Waals surface area contributed by atoms with E-state index in [2.05, 4.69) is 18.3 Å². The van der Waals surface area contributed by atoms with Gasteiger partial charge < -0.3 is 4.74 Å². The number of allylic oxidation sites excluding steroid dienone is 1. The maximum Gasteiger partial charge on any atom is 0.412 e. The topological polar surface area (TPSA) is 38.3 Å². The summed E-state index contributed by atoms with van der Waals surface area (Å²) < 4.78 is 5.23. The van der Waals surface area contributed by atoms with Crippen molar-refractivity contribution in [2.45, 2.75) is 39.7 Å². The van der Waals surface area contributed by atoms with Gasteiger partial charge in [-0.15, -0.1) is 0 Å². The molecule has 0 atom stereocenters. The van der Waals surface area contributed by atoms with E-state index in [0.717, 1.165) is 17.7 Å². The molecule has 3 heteroatoms. The minimum Gasteiger partial charge on any atom is -0.444 e. The molecule has 1 aromatic rings. The molecule has 0 radical (unpaired) electrons. The number of hydrogen-bond acceptors (Lipinski definition) is 2. The summed E-state index contributed by atoms with van der Waals surface area (Å²) >= 11 is 0. The maximum atomic E-state index is 11.7. The summed E-state index contributed by atoms with van der Waals surface area (Å²) in [5, 5.41) is 2.76. The molecule has 0 aliphatic rings. The second-order valence-electron chi connectivity index (χ2n) is 5.02. The van der Waals surface area contributed by atoms with Crippen LogP contribution in [0.4, 0.5) is 10.5 Å². The van der Waals surface area contributed by atoms with Crippen LogP contribution in [0.2, 0.25) is 0 Å². The summed E-state index contributed by atoms with van der Waals surface area (Å²) in [6, 6.07) is 7.64. The normalized spacial score (nSPS) is 11.6. The second-order valence-corrected chi connectivity index (χ2v) is 5.02. The molecule has 1 rings (SSSR count). The van der Waals surface area contributed by atoms with E-state index < -0.39 is 11.7 Å². The van der Waals surface area contributed by atoms with Gasteiger partial charge in [0.15, 0.2) is 0 Å². The van der Waals surface area contributed by atoms with Crippen LogP contribution in [0.3, 0.4) is 0 Å². The van der Waals surface area contributed by atoms with E-state index in [-0.39, 0.29) is 0 Å². The molecule has 18 heavy (non-hydrogen) atoms. The van der Waals surface area contributed by atoms with Crippen molar-refractivity contribution in [1.29, 1.82) is 0 Å². The molecule has 1 aromatic carbocycles. The summed E-state index contributed by atoms with van der Waals surface area (Å²) in [4.78, 5) is 11.7. The molecule has 0 aromatic heterocycles. The molecule has 0 aliphatic heterocycles. The third-order valence-electron chi connectivity index (χ3n) is 2.13. The highest BCUT2D eigenvalue weighted by Crippen LogP contribution is 2.18. The summed E-state index contributed by atoms with van der Waals surface area (Å²) in [5.74, 6) is 0. The van der Waals surface area contributed by atoms with Crippen LogP contribution in [-0.4, -0.2) is 11.7 Å². The first-order valence-electron chi connectivity index (χ1n) is 6.18. The van der Waals surface area contributed by atoms with Crippen LogP contribution in [0.15, 0.2) is 30.3 Å². The van der Waals surface area contributed by atoms with E-state index in [0.29, 0.717) is 0 Å². The number of anilines is 1. The monoisotopic (exact) mass is 247 g/mol. The number of ether oxygens (including phenoxy) is 1. The Hall–Kier alpha value is -1.77. The number of carbonyl (C=O) groups excluding carboxylic acids is 1. The van der Waals surface area contributed by atoms with Gasteiger partial charge in [-0.2, -0.15) is 0 Å². The zero-order valence-electron chi connectivity index (χ0n) is 11.5. The number of carbonyl (C=O) groups is 1. The van der Waals surface area contributed by atoms with Crippen LogP contribution >= 0.6 is 0 Å². The van der Waals surface area contributed by atoms with E-state index in [4.69, 9.17) is 4.74 Å². The molecular formula is C15H21NO2. The van der Waals surface area contributed by atoms with Crippen molar-refractivity contribution < 1.29 is 9.53 Å². The van der Waals surface area contributed by atoms with Gasteiger partial charge in [-0.25, -0.2) is 4.79 Å². The Morgan fingerprint density at radius 1 is 1.33 bits per heavy atom. The third-order valence-corrected chi connectivity index (χ3v) is 2.13. The van der Waals surface area contributed by atoms with E-state index in [9.17, 15) is 4.79 Å². The fourth-order valence-electron chi connectivity index (χ4n) is 1.41. The Balaban J connectivity index is 2.78. The van der Waals surface area contributed by atoms with Gasteiger partial charge in [0, 0.05) is 0 Å². The number of hydrogen-bond donors (Lipinski definition) is 1. The van der Waals surface area contributed by atoms with Gasteiger partial charge in [0.25, 0.3) is 0 Å². The molecule has 0 aliphatic carbocycles. The number of amides is 1. The quantitative estimate of drug-likeness (QED) is 0.856. The highest BCUT2D eigenvalue weighted by Gasteiger charge is 2.16. The van der Waals surface area contributed by atoms with Crippen LogP contribution in [0.25, 0.3) is 6.08 Å². The molecule has 1 N–H and O–H groups in total. The Bertz CT molecular complexity index is 430. The van der Waals surface area contributed by atoms with Gasteiger partial charge in [0.1, 0.15) is 5.60 Å². The van der Waals surface area contributed by atoms with Gasteiger partial charge in [-0.3, -0.25) is 5.32 Å². The number of benzene rings is 1. The highest BCUT2D eigenvalue weighted by molar-refractivity contribution is 5.88. The van der Waals surface area contributed by atoms with E-state index in [1.807, 2.05) is 51.1 Å². The Kier molecular flexibility index (Phi) is 4.95. The van der Waals surface area contributed by atoms with Crippen molar-refractivity contribution in [3.05, 3.63) is 35.9 Å². The predicted molar refractivity (Wildman–Crippen MR) is 75.6 cm³/mol. The van der Waals surface area contributed by atoms with E-state index in [1.54, 1.807) is 0 Å². The van der Waals surface area contributed by atoms with Crippen molar-refractivity contribution in [3.8, 4) is 0 Å². The molecule has 0 heterocycles. The lowest BCUT2D eigenvalue weighted by Crippen LogP contribution is -2.27. The lowest BCUT2D eigenvalue weighted by atomic mass is 10.1. The predicted octanol–water partition coefficient (Wildman–Crippen LogP) is 4.46. The lowest BCUT2D eigenvalue weighted by Gasteiger charge is -2.20. The third kappa shape index (κ3) is 5.04. The highest BCUT2D eigenvalue weighted by atomic mass is 16.6. The number of rotatable bonds is 3. The molecule has 0 spiro atoms. The van der Waals surface area contributed by atoms with Crippen LogP contribution in [-0.2, 0) is 4.74 Å². The van der Waals surface area contributed by atoms with Crippen molar-refractivity contribution in [1.82, 2.24) is 0 Å². The largest absolute Gasteiger partial charge is 0.444 e. The molecule has 3 nitrogen and oxygen atoms in total. The molecule has 1 amide bonds. The minimum absolute atomic E-state index is 0.431. The Labute approximate surface area is 109 Å². The molecule has 0 bridgehead atoms. The van der Waals surface area contributed by atoms with E-state index >= 15 is 0 Å². The van der Waals surface area contributed by atoms with Gasteiger partial charge in [0.2, 0.25) is 0 Å². The molecular weight excluding hydrogens is 226 g/mol. The fourth-order valence-corrected chi connectivity index (χ4v) is 1.41. The number of para-hydroxylation sites is 1. The summed E-state index contributed by atoms with van der Waals surface area (Å²) in [5.41, 5.74) is 1.25. The lowest BCUT2D eigenvalue weighted by molar-refractivity contribution is 0.0636. The molecule has 98 valence electrons. The first-order chi connectivity index (χ1) is 8.42. The second kappa shape index (κ2) is 6.24. The molecule has 0 saturated carbocycles. The van der Waals surface area contributed by atoms with Gasteiger partial charge in [-0.05, 0) is 38.8 Å². The van der Waals surface area contributed by atoms with Gasteiger partial charge >= 0.3 is 6.09 Å². The molecule has 0 unspecified atom stereocenters. The van der Waals surface area contributed by atoms with Gasteiger partial charge in [-0.1, -0.05) is 37.3 Å².